The Kier molecular flexibility index (Phi) is 3.14. The quantitative estimate of drug-likeness (QED) is 0.364. The van der Waals surface area contributed by atoms with E-state index in [9.17, 15) is 9.90 Å². The van der Waals surface area contributed by atoms with Crippen LogP contribution >= 0.6 is 0 Å². The lowest BCUT2D eigenvalue weighted by Gasteiger charge is -2.17. The van der Waals surface area contributed by atoms with Crippen molar-refractivity contribution in [3.63, 3.8) is 0 Å². The lowest BCUT2D eigenvalue weighted by molar-refractivity contribution is 0.0667. The molecule has 94 valence electrons. The Morgan fingerprint density at radius 2 is 2.59 bits per heavy atom. The summed E-state index contributed by atoms with van der Waals surface area (Å²) in [7, 11) is 0. The molecule has 2 heterocycles. The molecule has 1 aromatic rings. The zero-order valence-corrected chi connectivity index (χ0v) is 9.64. The van der Waals surface area contributed by atoms with Crippen LogP contribution in [-0.4, -0.2) is 39.8 Å². The lowest BCUT2D eigenvalue weighted by Crippen LogP contribution is -2.30. The van der Waals surface area contributed by atoms with Gasteiger partial charge >= 0.3 is 0 Å². The number of carbonyl (C=O) groups is 1. The van der Waals surface area contributed by atoms with Crippen molar-refractivity contribution < 1.29 is 14.4 Å². The molecular formula is C10H16N4O3. The predicted octanol–water partition coefficient (Wildman–Crippen LogP) is -0.765. The molecule has 0 bridgehead atoms. The van der Waals surface area contributed by atoms with Gasteiger partial charge in [-0.25, -0.2) is 5.84 Å². The topological polar surface area (TPSA) is 105 Å². The van der Waals surface area contributed by atoms with Gasteiger partial charge in [-0.3, -0.25) is 15.1 Å². The molecule has 7 nitrogen and oxygen atoms in total. The van der Waals surface area contributed by atoms with E-state index in [0.717, 1.165) is 13.0 Å². The number of carbonyl (C=O) groups excluding carboxylic acids is 1. The number of nitrogens with zero attached hydrogens (tertiary/aromatic N) is 2. The summed E-state index contributed by atoms with van der Waals surface area (Å²) in [6.07, 6.45) is 0.733. The first-order valence-corrected chi connectivity index (χ1v) is 5.41. The minimum Gasteiger partial charge on any atom is -0.389 e. The first kappa shape index (κ1) is 12.0. The van der Waals surface area contributed by atoms with Gasteiger partial charge in [-0.05, 0) is 13.3 Å². The van der Waals surface area contributed by atoms with Crippen LogP contribution in [0.5, 0.6) is 0 Å². The Labute approximate surface area is 98.5 Å². The number of nitrogen functional groups attached to an aromatic ring is 1. The van der Waals surface area contributed by atoms with Crippen LogP contribution in [0.3, 0.4) is 0 Å². The van der Waals surface area contributed by atoms with Gasteiger partial charge in [-0.2, -0.15) is 0 Å². The molecule has 1 saturated heterocycles. The highest BCUT2D eigenvalue weighted by atomic mass is 16.5. The van der Waals surface area contributed by atoms with Crippen molar-refractivity contribution in [1.29, 1.82) is 0 Å². The maximum atomic E-state index is 11.2. The fourth-order valence-electron chi connectivity index (χ4n) is 1.96. The summed E-state index contributed by atoms with van der Waals surface area (Å²) >= 11 is 0. The fraction of sp³-hybridized carbons (Fsp3) is 0.600. The zero-order valence-electron chi connectivity index (χ0n) is 9.64. The molecule has 1 aliphatic rings. The second kappa shape index (κ2) is 4.44. The highest BCUT2D eigenvalue weighted by Gasteiger charge is 2.31. The Hall–Kier alpha value is -1.44. The molecule has 1 aromatic heterocycles. The number of hydrogen-bond donors (Lipinski definition) is 3. The highest BCUT2D eigenvalue weighted by molar-refractivity contribution is 5.91. The smallest absolute Gasteiger partial charge is 0.287 e. The van der Waals surface area contributed by atoms with Gasteiger partial charge in [0.15, 0.2) is 11.5 Å². The number of aliphatic hydroxyl groups is 1. The number of rotatable bonds is 3. The minimum absolute atomic E-state index is 0.161. The summed E-state index contributed by atoms with van der Waals surface area (Å²) in [6.45, 7) is 3.72. The predicted molar refractivity (Wildman–Crippen MR) is 58.7 cm³/mol. The van der Waals surface area contributed by atoms with Crippen molar-refractivity contribution in [2.45, 2.75) is 25.5 Å². The van der Waals surface area contributed by atoms with Crippen LogP contribution in [0.25, 0.3) is 0 Å². The third-order valence-electron chi connectivity index (χ3n) is 2.83. The van der Waals surface area contributed by atoms with Gasteiger partial charge in [-0.1, -0.05) is 5.16 Å². The molecule has 0 aromatic carbocycles. The van der Waals surface area contributed by atoms with Crippen LogP contribution < -0.4 is 11.3 Å². The average Bonchev–Trinajstić information content (AvgIpc) is 2.85. The molecule has 17 heavy (non-hydrogen) atoms. The molecule has 1 amide bonds. The highest BCUT2D eigenvalue weighted by Crippen LogP contribution is 2.22. The van der Waals surface area contributed by atoms with Crippen molar-refractivity contribution >= 4 is 5.91 Å². The lowest BCUT2D eigenvalue weighted by atomic mass is 10.1. The number of likely N-dealkylation sites (tertiary alicyclic amines) is 1. The van der Waals surface area contributed by atoms with Gasteiger partial charge in [0.05, 0.1) is 12.1 Å². The molecule has 1 fully saturated rings. The van der Waals surface area contributed by atoms with Gasteiger partial charge in [0.25, 0.3) is 5.91 Å². The van der Waals surface area contributed by atoms with Crippen LogP contribution in [0.1, 0.15) is 29.6 Å². The summed E-state index contributed by atoms with van der Waals surface area (Å²) in [5.74, 6) is 5.09. The van der Waals surface area contributed by atoms with Crippen molar-refractivity contribution in [3.05, 3.63) is 17.5 Å². The van der Waals surface area contributed by atoms with Gasteiger partial charge < -0.3 is 9.63 Å². The number of aromatic nitrogens is 1. The SMILES string of the molecule is CC1(O)CCN(Cc2cc(C(=O)NN)no2)C1. The van der Waals surface area contributed by atoms with E-state index in [-0.39, 0.29) is 5.69 Å². The molecule has 1 unspecified atom stereocenters. The molecule has 4 N–H and O–H groups in total. The average molecular weight is 240 g/mol. The molecule has 1 atom stereocenters. The number of nitrogens with two attached hydrogens (primary N) is 1. The minimum atomic E-state index is -0.641. The molecule has 7 heteroatoms. The van der Waals surface area contributed by atoms with Crippen LogP contribution in [0.4, 0.5) is 0 Å². The van der Waals surface area contributed by atoms with Gasteiger partial charge in [-0.15, -0.1) is 0 Å². The largest absolute Gasteiger partial charge is 0.389 e. The Morgan fingerprint density at radius 3 is 3.18 bits per heavy atom. The number of β-amino-alcohol motifs (C(OH)–C–C–N with tert-alkyl or cyclic N) is 1. The van der Waals surface area contributed by atoms with Crippen LogP contribution in [0.15, 0.2) is 10.6 Å². The summed E-state index contributed by atoms with van der Waals surface area (Å²) in [4.78, 5) is 13.2. The normalized spacial score (nSPS) is 25.1. The van der Waals surface area contributed by atoms with E-state index in [1.54, 1.807) is 13.0 Å². The second-order valence-corrected chi connectivity index (χ2v) is 4.61. The Morgan fingerprint density at radius 1 is 1.82 bits per heavy atom. The van der Waals surface area contributed by atoms with Crippen molar-refractivity contribution in [3.8, 4) is 0 Å². The van der Waals surface area contributed by atoms with Crippen LogP contribution in [0, 0.1) is 0 Å². The third kappa shape index (κ3) is 2.82. The molecule has 0 saturated carbocycles. The summed E-state index contributed by atoms with van der Waals surface area (Å²) in [5.41, 5.74) is 1.51. The van der Waals surface area contributed by atoms with Crippen molar-refractivity contribution in [1.82, 2.24) is 15.5 Å². The molecule has 0 aliphatic carbocycles. The Bertz CT molecular complexity index is 415. The van der Waals surface area contributed by atoms with Crippen molar-refractivity contribution in [2.75, 3.05) is 13.1 Å². The van der Waals surface area contributed by atoms with Gasteiger partial charge in [0.1, 0.15) is 0 Å². The Balaban J connectivity index is 1.96. The summed E-state index contributed by atoms with van der Waals surface area (Å²) in [5, 5.41) is 13.4. The van der Waals surface area contributed by atoms with E-state index in [4.69, 9.17) is 10.4 Å². The standard InChI is InChI=1S/C10H16N4O3/c1-10(16)2-3-14(6-10)5-7-4-8(13-17-7)9(15)12-11/h4,16H,2-3,5-6,11H2,1H3,(H,12,15). The summed E-state index contributed by atoms with van der Waals surface area (Å²) in [6, 6.07) is 1.55. The van der Waals surface area contributed by atoms with E-state index in [2.05, 4.69) is 5.16 Å². The van der Waals surface area contributed by atoms with E-state index in [1.807, 2.05) is 10.3 Å². The number of hydrogen-bond acceptors (Lipinski definition) is 6. The van der Waals surface area contributed by atoms with Gasteiger partial charge in [0.2, 0.25) is 0 Å². The fourth-order valence-corrected chi connectivity index (χ4v) is 1.96. The van der Waals surface area contributed by atoms with Gasteiger partial charge in [0, 0.05) is 19.2 Å². The third-order valence-corrected chi connectivity index (χ3v) is 2.83. The number of nitrogens with one attached hydrogen (secondary N) is 1. The molecule has 2 rings (SSSR count). The van der Waals surface area contributed by atoms with E-state index < -0.39 is 11.5 Å². The second-order valence-electron chi connectivity index (χ2n) is 4.61. The van der Waals surface area contributed by atoms with E-state index in [0.29, 0.717) is 18.8 Å². The summed E-state index contributed by atoms with van der Waals surface area (Å²) < 4.78 is 5.03. The molecule has 0 spiro atoms. The maximum absolute atomic E-state index is 11.2. The van der Waals surface area contributed by atoms with Crippen molar-refractivity contribution in [2.24, 2.45) is 5.84 Å². The van der Waals surface area contributed by atoms with E-state index in [1.165, 1.54) is 0 Å². The molecule has 0 radical (unpaired) electrons. The van der Waals surface area contributed by atoms with Crippen LogP contribution in [0.2, 0.25) is 0 Å². The van der Waals surface area contributed by atoms with Crippen LogP contribution in [-0.2, 0) is 6.54 Å². The van der Waals surface area contributed by atoms with E-state index >= 15 is 0 Å². The molecular weight excluding hydrogens is 224 g/mol. The molecule has 1 aliphatic heterocycles. The zero-order chi connectivity index (χ0) is 12.5. The maximum Gasteiger partial charge on any atom is 0.287 e. The number of hydrazine groups is 1. The monoisotopic (exact) mass is 240 g/mol. The first-order valence-electron chi connectivity index (χ1n) is 5.41. The first-order chi connectivity index (χ1) is 8.00. The number of amides is 1.